The van der Waals surface area contributed by atoms with Gasteiger partial charge >= 0.3 is 0 Å². The maximum absolute atomic E-state index is 9.26. The number of nitrogens with zero attached hydrogens (tertiary/aromatic N) is 2. The fourth-order valence-corrected chi connectivity index (χ4v) is 2.55. The van der Waals surface area contributed by atoms with Crippen molar-refractivity contribution in [3.63, 3.8) is 0 Å². The van der Waals surface area contributed by atoms with Crippen LogP contribution < -0.4 is 4.90 Å². The predicted molar refractivity (Wildman–Crippen MR) is 73.0 cm³/mol. The summed E-state index contributed by atoms with van der Waals surface area (Å²) < 4.78 is 5.68. The minimum absolute atomic E-state index is 0.179. The summed E-state index contributed by atoms with van der Waals surface area (Å²) in [5.74, 6) is 0. The van der Waals surface area contributed by atoms with E-state index < -0.39 is 0 Å². The molecule has 1 saturated heterocycles. The second kappa shape index (κ2) is 5.60. The summed E-state index contributed by atoms with van der Waals surface area (Å²) in [6.07, 6.45) is 1.17. The van der Waals surface area contributed by atoms with E-state index in [9.17, 15) is 5.26 Å². The van der Waals surface area contributed by atoms with E-state index in [1.807, 2.05) is 12.1 Å². The van der Waals surface area contributed by atoms with Gasteiger partial charge in [0.05, 0.1) is 35.0 Å². The third-order valence-corrected chi connectivity index (χ3v) is 3.67. The van der Waals surface area contributed by atoms with Gasteiger partial charge in [0.1, 0.15) is 6.07 Å². The molecule has 1 aliphatic heterocycles. The molecule has 0 amide bonds. The van der Waals surface area contributed by atoms with Crippen LogP contribution in [0.5, 0.6) is 0 Å². The lowest BCUT2D eigenvalue weighted by molar-refractivity contribution is 0.0299. The Balaban J connectivity index is 2.40. The minimum Gasteiger partial charge on any atom is -0.375 e. The van der Waals surface area contributed by atoms with Crippen molar-refractivity contribution in [2.24, 2.45) is 0 Å². The first-order valence-corrected chi connectivity index (χ1v) is 6.62. The highest BCUT2D eigenvalue weighted by Gasteiger charge is 2.27. The molecule has 0 spiro atoms. The first kappa shape index (κ1) is 13.2. The maximum atomic E-state index is 9.26. The van der Waals surface area contributed by atoms with Crippen LogP contribution in [0.4, 0.5) is 5.69 Å². The largest absolute Gasteiger partial charge is 0.375 e. The van der Waals surface area contributed by atoms with E-state index in [4.69, 9.17) is 16.3 Å². The fraction of sp³-hybridized carbons (Fsp3) is 0.500. The molecule has 2 rings (SSSR count). The summed E-state index contributed by atoms with van der Waals surface area (Å²) in [6.45, 7) is 5.69. The lowest BCUT2D eigenvalue weighted by atomic mass is 10.1. The Hall–Kier alpha value is -1.24. The SMILES string of the molecule is CCC1COC(C)CN1c1cccc(Cl)c1C#N. The molecule has 1 heterocycles. The number of rotatable bonds is 2. The van der Waals surface area contributed by atoms with E-state index in [0.29, 0.717) is 23.2 Å². The van der Waals surface area contributed by atoms with Gasteiger partial charge in [-0.05, 0) is 25.5 Å². The van der Waals surface area contributed by atoms with Crippen molar-refractivity contribution in [3.8, 4) is 6.07 Å². The van der Waals surface area contributed by atoms with Crippen LogP contribution in [0, 0.1) is 11.3 Å². The molecule has 1 fully saturated rings. The second-order valence-corrected chi connectivity index (χ2v) is 5.01. The molecule has 18 heavy (non-hydrogen) atoms. The zero-order chi connectivity index (χ0) is 13.1. The lowest BCUT2D eigenvalue weighted by Gasteiger charge is -2.40. The number of halogens is 1. The molecular formula is C14H17ClN2O. The van der Waals surface area contributed by atoms with Crippen LogP contribution in [-0.2, 0) is 4.74 Å². The van der Waals surface area contributed by atoms with E-state index in [1.54, 1.807) is 6.07 Å². The predicted octanol–water partition coefficient (Wildman–Crippen LogP) is 3.22. The van der Waals surface area contributed by atoms with E-state index in [2.05, 4.69) is 24.8 Å². The molecule has 0 saturated carbocycles. The summed E-state index contributed by atoms with van der Waals surface area (Å²) in [7, 11) is 0. The summed E-state index contributed by atoms with van der Waals surface area (Å²) in [5, 5.41) is 9.78. The van der Waals surface area contributed by atoms with Gasteiger partial charge in [-0.3, -0.25) is 0 Å². The molecule has 0 aromatic heterocycles. The molecule has 0 bridgehead atoms. The van der Waals surface area contributed by atoms with E-state index in [1.165, 1.54) is 0 Å². The zero-order valence-electron chi connectivity index (χ0n) is 10.7. The van der Waals surface area contributed by atoms with Crippen LogP contribution in [0.1, 0.15) is 25.8 Å². The summed E-state index contributed by atoms with van der Waals surface area (Å²) >= 11 is 6.10. The molecule has 2 atom stereocenters. The standard InChI is InChI=1S/C14H17ClN2O/c1-3-11-9-18-10(2)8-17(11)14-6-4-5-13(15)12(14)7-16/h4-6,10-11H,3,8-9H2,1-2H3. The molecule has 0 N–H and O–H groups in total. The van der Waals surface area contributed by atoms with Crippen molar-refractivity contribution < 1.29 is 4.74 Å². The molecule has 4 heteroatoms. The Kier molecular flexibility index (Phi) is 4.11. The van der Waals surface area contributed by atoms with Crippen LogP contribution in [-0.4, -0.2) is 25.3 Å². The number of hydrogen-bond donors (Lipinski definition) is 0. The molecular weight excluding hydrogens is 248 g/mol. The molecule has 1 aromatic rings. The average Bonchev–Trinajstić information content (AvgIpc) is 2.38. The molecule has 3 nitrogen and oxygen atoms in total. The van der Waals surface area contributed by atoms with E-state index in [-0.39, 0.29) is 6.10 Å². The number of nitriles is 1. The van der Waals surface area contributed by atoms with Gasteiger partial charge in [0.2, 0.25) is 0 Å². The van der Waals surface area contributed by atoms with Gasteiger partial charge in [-0.15, -0.1) is 0 Å². The monoisotopic (exact) mass is 264 g/mol. The van der Waals surface area contributed by atoms with Crippen LogP contribution in [0.15, 0.2) is 18.2 Å². The highest BCUT2D eigenvalue weighted by Crippen LogP contribution is 2.30. The smallest absolute Gasteiger partial charge is 0.103 e. The zero-order valence-corrected chi connectivity index (χ0v) is 11.4. The van der Waals surface area contributed by atoms with Crippen LogP contribution in [0.3, 0.4) is 0 Å². The number of ether oxygens (including phenoxy) is 1. The Morgan fingerprint density at radius 1 is 1.56 bits per heavy atom. The van der Waals surface area contributed by atoms with Crippen LogP contribution in [0.25, 0.3) is 0 Å². The minimum atomic E-state index is 0.179. The molecule has 96 valence electrons. The van der Waals surface area contributed by atoms with Gasteiger partial charge in [-0.25, -0.2) is 0 Å². The van der Waals surface area contributed by atoms with Gasteiger partial charge in [0, 0.05) is 6.54 Å². The number of benzene rings is 1. The number of morpholine rings is 1. The van der Waals surface area contributed by atoms with Crippen molar-refractivity contribution in [2.75, 3.05) is 18.1 Å². The molecule has 0 aliphatic carbocycles. The first-order chi connectivity index (χ1) is 8.67. The van der Waals surface area contributed by atoms with Gasteiger partial charge in [0.15, 0.2) is 0 Å². The van der Waals surface area contributed by atoms with Crippen molar-refractivity contribution in [1.29, 1.82) is 5.26 Å². The second-order valence-electron chi connectivity index (χ2n) is 4.60. The quantitative estimate of drug-likeness (QED) is 0.823. The van der Waals surface area contributed by atoms with Crippen molar-refractivity contribution >= 4 is 17.3 Å². The fourth-order valence-electron chi connectivity index (χ4n) is 2.34. The van der Waals surface area contributed by atoms with Crippen molar-refractivity contribution in [1.82, 2.24) is 0 Å². The Labute approximate surface area is 113 Å². The highest BCUT2D eigenvalue weighted by atomic mass is 35.5. The summed E-state index contributed by atoms with van der Waals surface area (Å²) in [4.78, 5) is 2.25. The topological polar surface area (TPSA) is 36.3 Å². The average molecular weight is 265 g/mol. The third kappa shape index (κ3) is 2.45. The van der Waals surface area contributed by atoms with Crippen LogP contribution in [0.2, 0.25) is 5.02 Å². The lowest BCUT2D eigenvalue weighted by Crippen LogP contribution is -2.49. The number of hydrogen-bond acceptors (Lipinski definition) is 3. The van der Waals surface area contributed by atoms with Gasteiger partial charge in [-0.2, -0.15) is 5.26 Å². The molecule has 1 aliphatic rings. The number of anilines is 1. The van der Waals surface area contributed by atoms with Crippen molar-refractivity contribution in [2.45, 2.75) is 32.4 Å². The maximum Gasteiger partial charge on any atom is 0.103 e. The summed E-state index contributed by atoms with van der Waals surface area (Å²) in [6, 6.07) is 8.13. The van der Waals surface area contributed by atoms with E-state index in [0.717, 1.165) is 18.7 Å². The Bertz CT molecular complexity index is 469. The highest BCUT2D eigenvalue weighted by molar-refractivity contribution is 6.32. The van der Waals surface area contributed by atoms with Gasteiger partial charge < -0.3 is 9.64 Å². The normalized spacial score (nSPS) is 23.8. The van der Waals surface area contributed by atoms with Gasteiger partial charge in [-0.1, -0.05) is 24.6 Å². The Morgan fingerprint density at radius 3 is 3.00 bits per heavy atom. The summed E-state index contributed by atoms with van der Waals surface area (Å²) in [5.41, 5.74) is 1.48. The molecule has 1 aromatic carbocycles. The molecule has 0 radical (unpaired) electrons. The van der Waals surface area contributed by atoms with Gasteiger partial charge in [0.25, 0.3) is 0 Å². The molecule has 2 unspecified atom stereocenters. The van der Waals surface area contributed by atoms with Crippen molar-refractivity contribution in [3.05, 3.63) is 28.8 Å². The first-order valence-electron chi connectivity index (χ1n) is 6.24. The Morgan fingerprint density at radius 2 is 2.33 bits per heavy atom. The van der Waals surface area contributed by atoms with E-state index >= 15 is 0 Å². The van der Waals surface area contributed by atoms with Crippen LogP contribution >= 0.6 is 11.6 Å². The third-order valence-electron chi connectivity index (χ3n) is 3.35.